The molecule has 1 fully saturated rings. The summed E-state index contributed by atoms with van der Waals surface area (Å²) in [7, 11) is 0. The fraction of sp³-hybridized carbons (Fsp3) is 0.600. The Morgan fingerprint density at radius 3 is 2.92 bits per heavy atom. The second-order valence-electron chi connectivity index (χ2n) is 3.77. The monoisotopic (exact) mass is 239 g/mol. The Morgan fingerprint density at radius 1 is 1.62 bits per heavy atom. The SMILES string of the molecule is N#C[C@@]1(Br)C[C@H]1C1=CC(=O)CCC1. The molecule has 3 heteroatoms. The average molecular weight is 240 g/mol. The van der Waals surface area contributed by atoms with Gasteiger partial charge in [0.25, 0.3) is 0 Å². The summed E-state index contributed by atoms with van der Waals surface area (Å²) in [5.41, 5.74) is 1.18. The van der Waals surface area contributed by atoms with Crippen molar-refractivity contribution in [1.29, 1.82) is 5.26 Å². The van der Waals surface area contributed by atoms with E-state index < -0.39 is 0 Å². The first-order chi connectivity index (χ1) is 6.15. The normalized spacial score (nSPS) is 38.0. The van der Waals surface area contributed by atoms with Crippen LogP contribution in [0.15, 0.2) is 11.6 Å². The molecule has 0 radical (unpaired) electrons. The average Bonchev–Trinajstić information content (AvgIpc) is 2.79. The van der Waals surface area contributed by atoms with E-state index in [2.05, 4.69) is 22.0 Å². The third kappa shape index (κ3) is 1.55. The minimum absolute atomic E-state index is 0.223. The molecule has 2 nitrogen and oxygen atoms in total. The Kier molecular flexibility index (Phi) is 2.03. The van der Waals surface area contributed by atoms with Crippen LogP contribution in [0.2, 0.25) is 0 Å². The molecule has 1 saturated carbocycles. The molecule has 2 aliphatic rings. The summed E-state index contributed by atoms with van der Waals surface area (Å²) in [5, 5.41) is 8.82. The summed E-state index contributed by atoms with van der Waals surface area (Å²) in [4.78, 5) is 11.1. The Labute approximate surface area is 85.7 Å². The quantitative estimate of drug-likeness (QED) is 0.660. The van der Waals surface area contributed by atoms with E-state index in [9.17, 15) is 4.79 Å². The molecule has 0 saturated heterocycles. The predicted octanol–water partition coefficient (Wildman–Crippen LogP) is 2.34. The first-order valence-corrected chi connectivity index (χ1v) is 5.28. The van der Waals surface area contributed by atoms with Crippen molar-refractivity contribution in [2.75, 3.05) is 0 Å². The lowest BCUT2D eigenvalue weighted by atomic mass is 9.94. The van der Waals surface area contributed by atoms with Gasteiger partial charge in [-0.25, -0.2) is 0 Å². The zero-order valence-corrected chi connectivity index (χ0v) is 8.80. The molecule has 0 N–H and O–H groups in total. The van der Waals surface area contributed by atoms with E-state index in [0.29, 0.717) is 12.3 Å². The van der Waals surface area contributed by atoms with Crippen molar-refractivity contribution in [2.24, 2.45) is 5.92 Å². The van der Waals surface area contributed by atoms with Crippen molar-refractivity contribution in [3.63, 3.8) is 0 Å². The van der Waals surface area contributed by atoms with Crippen molar-refractivity contribution in [2.45, 2.75) is 30.0 Å². The number of nitriles is 1. The van der Waals surface area contributed by atoms with Crippen molar-refractivity contribution in [3.05, 3.63) is 11.6 Å². The van der Waals surface area contributed by atoms with Gasteiger partial charge in [0, 0.05) is 12.3 Å². The van der Waals surface area contributed by atoms with Crippen LogP contribution in [-0.2, 0) is 4.79 Å². The van der Waals surface area contributed by atoms with Gasteiger partial charge in [0.15, 0.2) is 5.78 Å². The van der Waals surface area contributed by atoms with Gasteiger partial charge in [0.2, 0.25) is 0 Å². The highest BCUT2D eigenvalue weighted by molar-refractivity contribution is 9.10. The molecule has 0 unspecified atom stereocenters. The first-order valence-electron chi connectivity index (χ1n) is 4.49. The van der Waals surface area contributed by atoms with Crippen molar-refractivity contribution < 1.29 is 4.79 Å². The molecule has 2 rings (SSSR count). The number of halogens is 1. The molecule has 2 atom stereocenters. The zero-order chi connectivity index (χ0) is 9.47. The molecule has 0 spiro atoms. The van der Waals surface area contributed by atoms with Crippen LogP contribution in [0, 0.1) is 17.2 Å². The lowest BCUT2D eigenvalue weighted by Gasteiger charge is -2.11. The number of rotatable bonds is 1. The van der Waals surface area contributed by atoms with Crippen LogP contribution < -0.4 is 0 Å². The Morgan fingerprint density at radius 2 is 2.38 bits per heavy atom. The predicted molar refractivity (Wildman–Crippen MR) is 52.3 cm³/mol. The molecule has 0 aromatic rings. The highest BCUT2D eigenvalue weighted by Crippen LogP contribution is 2.56. The lowest BCUT2D eigenvalue weighted by Crippen LogP contribution is -2.07. The molecule has 68 valence electrons. The molecule has 2 aliphatic carbocycles. The van der Waals surface area contributed by atoms with E-state index >= 15 is 0 Å². The van der Waals surface area contributed by atoms with E-state index in [1.165, 1.54) is 5.57 Å². The van der Waals surface area contributed by atoms with E-state index in [4.69, 9.17) is 5.26 Å². The Hall–Kier alpha value is -0.620. The van der Waals surface area contributed by atoms with Gasteiger partial charge in [-0.3, -0.25) is 4.79 Å². The number of hydrogen-bond acceptors (Lipinski definition) is 2. The number of carbonyl (C=O) groups is 1. The fourth-order valence-electron chi connectivity index (χ4n) is 1.88. The lowest BCUT2D eigenvalue weighted by molar-refractivity contribution is -0.115. The number of allylic oxidation sites excluding steroid dienone is 2. The van der Waals surface area contributed by atoms with Gasteiger partial charge < -0.3 is 0 Å². The van der Waals surface area contributed by atoms with Crippen LogP contribution in [0.3, 0.4) is 0 Å². The Bertz CT molecular complexity index is 328. The third-order valence-corrected chi connectivity index (χ3v) is 3.82. The van der Waals surface area contributed by atoms with Gasteiger partial charge in [0.05, 0.1) is 6.07 Å². The van der Waals surface area contributed by atoms with E-state index in [-0.39, 0.29) is 10.1 Å². The zero-order valence-electron chi connectivity index (χ0n) is 7.22. The van der Waals surface area contributed by atoms with Gasteiger partial charge in [-0.15, -0.1) is 0 Å². The maximum Gasteiger partial charge on any atom is 0.155 e. The summed E-state index contributed by atoms with van der Waals surface area (Å²) in [6, 6.07) is 2.24. The van der Waals surface area contributed by atoms with E-state index in [0.717, 1.165) is 19.3 Å². The number of hydrogen-bond donors (Lipinski definition) is 0. The van der Waals surface area contributed by atoms with Gasteiger partial charge in [-0.2, -0.15) is 5.26 Å². The van der Waals surface area contributed by atoms with Crippen LogP contribution in [0.4, 0.5) is 0 Å². The number of ketones is 1. The van der Waals surface area contributed by atoms with Gasteiger partial charge in [-0.05, 0) is 25.3 Å². The number of carbonyl (C=O) groups excluding carboxylic acids is 1. The minimum atomic E-state index is -0.351. The van der Waals surface area contributed by atoms with Crippen LogP contribution in [0.25, 0.3) is 0 Å². The molecular formula is C10H10BrNO. The van der Waals surface area contributed by atoms with Crippen molar-refractivity contribution in [1.82, 2.24) is 0 Å². The van der Waals surface area contributed by atoms with Gasteiger partial charge in [-0.1, -0.05) is 21.5 Å². The number of nitrogens with zero attached hydrogens (tertiary/aromatic N) is 1. The van der Waals surface area contributed by atoms with E-state index in [1.807, 2.05) is 0 Å². The van der Waals surface area contributed by atoms with Crippen molar-refractivity contribution in [3.8, 4) is 6.07 Å². The molecule has 0 aliphatic heterocycles. The molecule has 13 heavy (non-hydrogen) atoms. The van der Waals surface area contributed by atoms with Gasteiger partial charge in [0.1, 0.15) is 4.32 Å². The molecule has 0 bridgehead atoms. The molecular weight excluding hydrogens is 230 g/mol. The molecule has 0 aromatic carbocycles. The van der Waals surface area contributed by atoms with Crippen LogP contribution in [-0.4, -0.2) is 10.1 Å². The summed E-state index contributed by atoms with van der Waals surface area (Å²) >= 11 is 3.40. The maximum absolute atomic E-state index is 11.1. The second kappa shape index (κ2) is 2.95. The standard InChI is InChI=1S/C10H10BrNO/c11-10(6-12)5-9(10)7-2-1-3-8(13)4-7/h4,9H,1-3,5H2/t9-,10-/m0/s1. The largest absolute Gasteiger partial charge is 0.295 e. The third-order valence-electron chi connectivity index (χ3n) is 2.76. The number of alkyl halides is 1. The first kappa shape index (κ1) is 8.96. The second-order valence-corrected chi connectivity index (χ2v) is 5.19. The summed E-state index contributed by atoms with van der Waals surface area (Å²) in [6.07, 6.45) is 5.23. The molecule has 0 amide bonds. The van der Waals surface area contributed by atoms with Gasteiger partial charge >= 0.3 is 0 Å². The molecule has 0 heterocycles. The summed E-state index contributed by atoms with van der Waals surface area (Å²) in [6.45, 7) is 0. The Balaban J connectivity index is 2.13. The highest BCUT2D eigenvalue weighted by atomic mass is 79.9. The fourth-order valence-corrected chi connectivity index (χ4v) is 2.50. The minimum Gasteiger partial charge on any atom is -0.295 e. The summed E-state index contributed by atoms with van der Waals surface area (Å²) in [5.74, 6) is 0.516. The van der Waals surface area contributed by atoms with Crippen LogP contribution in [0.5, 0.6) is 0 Å². The highest BCUT2D eigenvalue weighted by Gasteiger charge is 2.54. The maximum atomic E-state index is 11.1. The van der Waals surface area contributed by atoms with Crippen molar-refractivity contribution >= 4 is 21.7 Å². The summed E-state index contributed by atoms with van der Waals surface area (Å²) < 4.78 is -0.351. The topological polar surface area (TPSA) is 40.9 Å². The smallest absolute Gasteiger partial charge is 0.155 e. The van der Waals surface area contributed by atoms with Crippen LogP contribution >= 0.6 is 15.9 Å². The van der Waals surface area contributed by atoms with Crippen LogP contribution in [0.1, 0.15) is 25.7 Å². The van der Waals surface area contributed by atoms with E-state index in [1.54, 1.807) is 6.08 Å². The molecule has 0 aromatic heterocycles.